The van der Waals surface area contributed by atoms with E-state index < -0.39 is 0 Å². The molecule has 6 nitrogen and oxygen atoms in total. The minimum Gasteiger partial charge on any atom is -0.393 e. The number of H-pyrrole nitrogens is 1. The number of aromatic amines is 1. The molecule has 2 N–H and O–H groups in total. The Kier molecular flexibility index (Phi) is 11.2. The maximum atomic E-state index is 10.9. The normalized spacial score (nSPS) is 12.7. The van der Waals surface area contributed by atoms with Crippen LogP contribution < -0.4 is 0 Å². The van der Waals surface area contributed by atoms with Crippen LogP contribution in [0.1, 0.15) is 89.8 Å². The van der Waals surface area contributed by atoms with Gasteiger partial charge in [0.2, 0.25) is 0 Å². The summed E-state index contributed by atoms with van der Waals surface area (Å²) in [6.45, 7) is 2.22. The number of benzene rings is 1. The fraction of sp³-hybridized carbons (Fsp3) is 0.625. The summed E-state index contributed by atoms with van der Waals surface area (Å²) in [5.74, 6) is 0.892. The molecule has 2 rings (SSSR count). The second-order valence-electron chi connectivity index (χ2n) is 8.15. The van der Waals surface area contributed by atoms with Crippen LogP contribution in [-0.2, 0) is 6.42 Å². The summed E-state index contributed by atoms with van der Waals surface area (Å²) < 4.78 is 0. The molecule has 0 aliphatic heterocycles. The van der Waals surface area contributed by atoms with E-state index in [0.29, 0.717) is 0 Å². The predicted octanol–water partition coefficient (Wildman–Crippen LogP) is 6.63. The van der Waals surface area contributed by atoms with Crippen molar-refractivity contribution >= 4 is 16.7 Å². The first-order valence-electron chi connectivity index (χ1n) is 11.6. The Labute approximate surface area is 180 Å². The van der Waals surface area contributed by atoms with Crippen molar-refractivity contribution in [1.82, 2.24) is 9.97 Å². The summed E-state index contributed by atoms with van der Waals surface area (Å²) in [6.07, 6.45) is 18.5. The van der Waals surface area contributed by atoms with Crippen LogP contribution in [0.3, 0.4) is 0 Å². The van der Waals surface area contributed by atoms with Gasteiger partial charge in [0.05, 0.1) is 22.1 Å². The molecule has 0 bridgehead atoms. The van der Waals surface area contributed by atoms with Gasteiger partial charge in [0.1, 0.15) is 5.82 Å². The molecule has 0 aliphatic rings. The SMILES string of the molecule is CCCCC/C=C\CC[C@H](O)CCCCCCCc1nc2ccc([N+](=O)[O-])cc2[nH]1. The van der Waals surface area contributed by atoms with Crippen molar-refractivity contribution in [2.75, 3.05) is 0 Å². The number of non-ortho nitro benzene ring substituents is 1. The van der Waals surface area contributed by atoms with Crippen LogP contribution in [0.15, 0.2) is 30.4 Å². The number of aliphatic hydroxyl groups is 1. The fourth-order valence-corrected chi connectivity index (χ4v) is 3.67. The number of nitro benzene ring substituents is 1. The van der Waals surface area contributed by atoms with Crippen molar-refractivity contribution < 1.29 is 10.0 Å². The zero-order valence-electron chi connectivity index (χ0n) is 18.3. The third-order valence-electron chi connectivity index (χ3n) is 5.48. The Morgan fingerprint density at radius 3 is 2.63 bits per heavy atom. The van der Waals surface area contributed by atoms with E-state index >= 15 is 0 Å². The smallest absolute Gasteiger partial charge is 0.271 e. The number of allylic oxidation sites excluding steroid dienone is 2. The monoisotopic (exact) mass is 415 g/mol. The summed E-state index contributed by atoms with van der Waals surface area (Å²) in [6, 6.07) is 4.73. The molecule has 0 spiro atoms. The molecule has 0 saturated heterocycles. The number of hydrogen-bond acceptors (Lipinski definition) is 4. The number of aromatic nitrogens is 2. The summed E-state index contributed by atoms with van der Waals surface area (Å²) in [7, 11) is 0. The molecule has 166 valence electrons. The zero-order valence-corrected chi connectivity index (χ0v) is 18.3. The Morgan fingerprint density at radius 2 is 1.83 bits per heavy atom. The molecule has 6 heteroatoms. The van der Waals surface area contributed by atoms with E-state index in [1.807, 2.05) is 0 Å². The average molecular weight is 416 g/mol. The summed E-state index contributed by atoms with van der Waals surface area (Å²) >= 11 is 0. The number of unbranched alkanes of at least 4 members (excludes halogenated alkanes) is 7. The Bertz CT molecular complexity index is 785. The van der Waals surface area contributed by atoms with Crippen LogP contribution >= 0.6 is 0 Å². The Morgan fingerprint density at radius 1 is 1.07 bits per heavy atom. The highest BCUT2D eigenvalue weighted by Gasteiger charge is 2.09. The highest BCUT2D eigenvalue weighted by atomic mass is 16.6. The molecule has 1 heterocycles. The van der Waals surface area contributed by atoms with Crippen LogP contribution in [0.4, 0.5) is 5.69 Å². The van der Waals surface area contributed by atoms with E-state index in [0.717, 1.165) is 81.1 Å². The fourth-order valence-electron chi connectivity index (χ4n) is 3.67. The molecule has 0 radical (unpaired) electrons. The van der Waals surface area contributed by atoms with E-state index in [2.05, 4.69) is 29.0 Å². The first kappa shape index (κ1) is 24.1. The Hall–Kier alpha value is -2.21. The lowest BCUT2D eigenvalue weighted by atomic mass is 10.0. The van der Waals surface area contributed by atoms with Gasteiger partial charge in [0.15, 0.2) is 0 Å². The second-order valence-corrected chi connectivity index (χ2v) is 8.15. The first-order chi connectivity index (χ1) is 14.6. The molecule has 1 aromatic heterocycles. The van der Waals surface area contributed by atoms with Gasteiger partial charge >= 0.3 is 0 Å². The van der Waals surface area contributed by atoms with Crippen molar-refractivity contribution in [2.24, 2.45) is 0 Å². The minimum absolute atomic E-state index is 0.0860. The highest BCUT2D eigenvalue weighted by molar-refractivity contribution is 5.77. The quantitative estimate of drug-likeness (QED) is 0.139. The molecule has 0 fully saturated rings. The number of hydrogen-bond donors (Lipinski definition) is 2. The van der Waals surface area contributed by atoms with Crippen molar-refractivity contribution in [3.05, 3.63) is 46.3 Å². The number of imidazole rings is 1. The van der Waals surface area contributed by atoms with Crippen LogP contribution in [0.5, 0.6) is 0 Å². The molecule has 0 saturated carbocycles. The number of nitrogens with one attached hydrogen (secondary N) is 1. The van der Waals surface area contributed by atoms with Crippen LogP contribution in [-0.4, -0.2) is 26.1 Å². The molecule has 0 amide bonds. The van der Waals surface area contributed by atoms with Crippen molar-refractivity contribution in [3.63, 3.8) is 0 Å². The van der Waals surface area contributed by atoms with Crippen LogP contribution in [0.25, 0.3) is 11.0 Å². The first-order valence-corrected chi connectivity index (χ1v) is 11.6. The van der Waals surface area contributed by atoms with Gasteiger partial charge in [-0.1, -0.05) is 57.6 Å². The number of rotatable bonds is 16. The molecular formula is C24H37N3O3. The number of nitrogens with zero attached hydrogens (tertiary/aromatic N) is 2. The summed E-state index contributed by atoms with van der Waals surface area (Å²) in [5.41, 5.74) is 1.59. The molecular weight excluding hydrogens is 378 g/mol. The Balaban J connectivity index is 1.51. The van der Waals surface area contributed by atoms with Crippen molar-refractivity contribution in [1.29, 1.82) is 0 Å². The maximum Gasteiger partial charge on any atom is 0.271 e. The van der Waals surface area contributed by atoms with Gasteiger partial charge in [-0.3, -0.25) is 10.1 Å². The number of aliphatic hydroxyl groups excluding tert-OH is 1. The van der Waals surface area contributed by atoms with Crippen LogP contribution in [0, 0.1) is 10.1 Å². The zero-order chi connectivity index (χ0) is 21.6. The van der Waals surface area contributed by atoms with Crippen molar-refractivity contribution in [2.45, 2.75) is 96.5 Å². The minimum atomic E-state index is -0.387. The van der Waals surface area contributed by atoms with E-state index in [4.69, 9.17) is 0 Å². The third kappa shape index (κ3) is 9.08. The van der Waals surface area contributed by atoms with Crippen LogP contribution in [0.2, 0.25) is 0 Å². The topological polar surface area (TPSA) is 92.1 Å². The average Bonchev–Trinajstić information content (AvgIpc) is 3.14. The predicted molar refractivity (Wildman–Crippen MR) is 123 cm³/mol. The lowest BCUT2D eigenvalue weighted by Gasteiger charge is -2.08. The lowest BCUT2D eigenvalue weighted by molar-refractivity contribution is -0.384. The van der Waals surface area contributed by atoms with E-state index in [1.165, 1.54) is 25.3 Å². The largest absolute Gasteiger partial charge is 0.393 e. The highest BCUT2D eigenvalue weighted by Crippen LogP contribution is 2.20. The van der Waals surface area contributed by atoms with Gasteiger partial charge in [-0.2, -0.15) is 0 Å². The number of fused-ring (bicyclic) bond motifs is 1. The van der Waals surface area contributed by atoms with Gasteiger partial charge in [-0.15, -0.1) is 0 Å². The van der Waals surface area contributed by atoms with E-state index in [-0.39, 0.29) is 16.7 Å². The standard InChI is InChI=1S/C24H37N3O3/c1-2-3-4-5-6-8-11-14-21(28)15-12-9-7-10-13-16-24-25-22-18-17-20(27(29)30)19-23(22)26-24/h6,8,17-19,21,28H,2-5,7,9-16H2,1H3,(H,25,26)/b8-6-/t21-/m0/s1. The summed E-state index contributed by atoms with van der Waals surface area (Å²) in [4.78, 5) is 18.2. The van der Waals surface area contributed by atoms with Gasteiger partial charge in [-0.05, 0) is 44.6 Å². The maximum absolute atomic E-state index is 10.9. The third-order valence-corrected chi connectivity index (χ3v) is 5.48. The number of aryl methyl sites for hydroxylation is 1. The molecule has 30 heavy (non-hydrogen) atoms. The lowest BCUT2D eigenvalue weighted by Crippen LogP contribution is -2.05. The van der Waals surface area contributed by atoms with Gasteiger partial charge in [0.25, 0.3) is 5.69 Å². The van der Waals surface area contributed by atoms with Gasteiger partial charge < -0.3 is 10.1 Å². The van der Waals surface area contributed by atoms with Crippen molar-refractivity contribution in [3.8, 4) is 0 Å². The van der Waals surface area contributed by atoms with Gasteiger partial charge in [-0.25, -0.2) is 4.98 Å². The van der Waals surface area contributed by atoms with Gasteiger partial charge in [0, 0.05) is 18.6 Å². The molecule has 1 atom stereocenters. The van der Waals surface area contributed by atoms with E-state index in [9.17, 15) is 15.2 Å². The molecule has 1 aromatic carbocycles. The number of nitro groups is 1. The molecule has 2 aromatic rings. The molecule has 0 unspecified atom stereocenters. The summed E-state index contributed by atoms with van der Waals surface area (Å²) in [5, 5.41) is 20.9. The second kappa shape index (κ2) is 13.9. The molecule has 0 aliphatic carbocycles. The van der Waals surface area contributed by atoms with E-state index in [1.54, 1.807) is 12.1 Å².